The van der Waals surface area contributed by atoms with E-state index >= 15 is 0 Å². The summed E-state index contributed by atoms with van der Waals surface area (Å²) < 4.78 is 4.63. The van der Waals surface area contributed by atoms with Gasteiger partial charge in [-0.1, -0.05) is 31.9 Å². The zero-order valence-electron chi connectivity index (χ0n) is 9.32. The molecule has 0 unspecified atom stereocenters. The number of carbonyl (C=O) groups excluding carboxylic acids is 1. The van der Waals surface area contributed by atoms with Crippen molar-refractivity contribution in [2.45, 2.75) is 26.2 Å². The van der Waals surface area contributed by atoms with E-state index in [0.29, 0.717) is 5.56 Å². The molecule has 0 saturated heterocycles. The maximum absolute atomic E-state index is 11.2. The van der Waals surface area contributed by atoms with E-state index in [-0.39, 0.29) is 5.97 Å². The minimum atomic E-state index is -0.279. The predicted molar refractivity (Wildman–Crippen MR) is 60.7 cm³/mol. The van der Waals surface area contributed by atoms with Crippen molar-refractivity contribution in [1.82, 2.24) is 0 Å². The van der Waals surface area contributed by atoms with Crippen LogP contribution in [0.15, 0.2) is 24.3 Å². The minimum Gasteiger partial charge on any atom is -0.465 e. The molecule has 2 nitrogen and oxygen atoms in total. The number of hydrogen-bond donors (Lipinski definition) is 0. The fourth-order valence-electron chi connectivity index (χ4n) is 1.37. The number of unbranched alkanes of at least 4 members (excludes halogenated alkanes) is 2. The van der Waals surface area contributed by atoms with Gasteiger partial charge in [0.15, 0.2) is 0 Å². The summed E-state index contributed by atoms with van der Waals surface area (Å²) >= 11 is 0. The summed E-state index contributed by atoms with van der Waals surface area (Å²) in [6.07, 6.45) is 5.54. The Hall–Kier alpha value is -1.31. The predicted octanol–water partition coefficient (Wildman–Crippen LogP) is 3.02. The van der Waals surface area contributed by atoms with Gasteiger partial charge in [0.05, 0.1) is 12.7 Å². The Morgan fingerprint density at radius 2 is 2.00 bits per heavy atom. The molecule has 0 bridgehead atoms. The largest absolute Gasteiger partial charge is 0.465 e. The highest BCUT2D eigenvalue weighted by atomic mass is 16.5. The number of esters is 1. The first kappa shape index (κ1) is 11.8. The van der Waals surface area contributed by atoms with Crippen molar-refractivity contribution in [3.63, 3.8) is 0 Å². The van der Waals surface area contributed by atoms with E-state index in [0.717, 1.165) is 12.8 Å². The number of rotatable bonds is 5. The van der Waals surface area contributed by atoms with Crippen LogP contribution in [-0.2, 0) is 11.2 Å². The van der Waals surface area contributed by atoms with Gasteiger partial charge >= 0.3 is 5.97 Å². The van der Waals surface area contributed by atoms with E-state index in [4.69, 9.17) is 0 Å². The molecule has 1 aromatic carbocycles. The third kappa shape index (κ3) is 3.74. The first-order valence-electron chi connectivity index (χ1n) is 5.27. The Labute approximate surface area is 91.3 Å². The Kier molecular flexibility index (Phi) is 4.88. The molecule has 0 aliphatic heterocycles. The molecule has 0 aromatic heterocycles. The van der Waals surface area contributed by atoms with Gasteiger partial charge in [-0.05, 0) is 30.5 Å². The summed E-state index contributed by atoms with van der Waals surface area (Å²) in [5.74, 6) is -0.279. The lowest BCUT2D eigenvalue weighted by atomic mass is 10.1. The Morgan fingerprint density at radius 3 is 2.53 bits per heavy atom. The lowest BCUT2D eigenvalue weighted by molar-refractivity contribution is 0.0600. The van der Waals surface area contributed by atoms with Crippen molar-refractivity contribution < 1.29 is 9.53 Å². The van der Waals surface area contributed by atoms with Crippen molar-refractivity contribution in [3.8, 4) is 0 Å². The SMILES string of the molecule is CCC[CH]Cc1ccc(C(=O)OC)cc1. The van der Waals surface area contributed by atoms with Gasteiger partial charge in [-0.15, -0.1) is 0 Å². The van der Waals surface area contributed by atoms with Gasteiger partial charge < -0.3 is 4.74 Å². The fraction of sp³-hybridized carbons (Fsp3) is 0.385. The maximum Gasteiger partial charge on any atom is 0.337 e. The minimum absolute atomic E-state index is 0.279. The molecular weight excluding hydrogens is 188 g/mol. The van der Waals surface area contributed by atoms with E-state index < -0.39 is 0 Å². The second-order valence-corrected chi connectivity index (χ2v) is 3.47. The molecule has 0 amide bonds. The highest BCUT2D eigenvalue weighted by molar-refractivity contribution is 5.89. The molecular formula is C13H17O2. The highest BCUT2D eigenvalue weighted by Gasteiger charge is 2.03. The maximum atomic E-state index is 11.2. The van der Waals surface area contributed by atoms with Crippen LogP contribution in [0.2, 0.25) is 0 Å². The molecule has 0 heterocycles. The molecule has 0 atom stereocenters. The molecule has 1 radical (unpaired) electrons. The summed E-state index contributed by atoms with van der Waals surface area (Å²) in [7, 11) is 1.39. The molecule has 1 aromatic rings. The van der Waals surface area contributed by atoms with Crippen molar-refractivity contribution >= 4 is 5.97 Å². The van der Waals surface area contributed by atoms with Crippen LogP contribution in [-0.4, -0.2) is 13.1 Å². The first-order valence-corrected chi connectivity index (χ1v) is 5.27. The van der Waals surface area contributed by atoms with Crippen LogP contribution < -0.4 is 0 Å². The van der Waals surface area contributed by atoms with Crippen molar-refractivity contribution in [2.24, 2.45) is 0 Å². The normalized spacial score (nSPS) is 10.0. The molecule has 0 aliphatic carbocycles. The number of carbonyl (C=O) groups is 1. The molecule has 2 heteroatoms. The van der Waals surface area contributed by atoms with E-state index in [1.54, 1.807) is 12.1 Å². The van der Waals surface area contributed by atoms with E-state index in [9.17, 15) is 4.79 Å². The third-order valence-electron chi connectivity index (χ3n) is 2.25. The lowest BCUT2D eigenvalue weighted by Crippen LogP contribution is -2.00. The van der Waals surface area contributed by atoms with Crippen molar-refractivity contribution in [3.05, 3.63) is 41.8 Å². The standard InChI is InChI=1S/C13H17O2/c1-3-4-5-6-11-7-9-12(10-8-11)13(14)15-2/h5,7-10H,3-4,6H2,1-2H3. The van der Waals surface area contributed by atoms with Gasteiger partial charge in [-0.25, -0.2) is 4.79 Å². The molecule has 81 valence electrons. The van der Waals surface area contributed by atoms with Crippen molar-refractivity contribution in [1.29, 1.82) is 0 Å². The zero-order chi connectivity index (χ0) is 11.1. The van der Waals surface area contributed by atoms with Gasteiger partial charge in [-0.2, -0.15) is 0 Å². The first-order chi connectivity index (χ1) is 7.27. The third-order valence-corrected chi connectivity index (χ3v) is 2.25. The quantitative estimate of drug-likeness (QED) is 0.545. The van der Waals surface area contributed by atoms with Crippen LogP contribution >= 0.6 is 0 Å². The average Bonchev–Trinajstić information content (AvgIpc) is 2.29. The Bertz CT molecular complexity index is 301. The van der Waals surface area contributed by atoms with Gasteiger partial charge in [0, 0.05) is 0 Å². The van der Waals surface area contributed by atoms with Crippen LogP contribution in [0.3, 0.4) is 0 Å². The van der Waals surface area contributed by atoms with Crippen LogP contribution in [0, 0.1) is 6.42 Å². The zero-order valence-corrected chi connectivity index (χ0v) is 9.32. The van der Waals surface area contributed by atoms with E-state index in [1.807, 2.05) is 12.1 Å². The Balaban J connectivity index is 2.52. The van der Waals surface area contributed by atoms with Gasteiger partial charge in [0.25, 0.3) is 0 Å². The molecule has 0 spiro atoms. The summed E-state index contributed by atoms with van der Waals surface area (Å²) in [6, 6.07) is 7.55. The molecule has 0 aliphatic rings. The summed E-state index contributed by atoms with van der Waals surface area (Å²) in [5.41, 5.74) is 1.84. The monoisotopic (exact) mass is 205 g/mol. The van der Waals surface area contributed by atoms with Crippen LogP contribution in [0.1, 0.15) is 35.7 Å². The number of hydrogen-bond acceptors (Lipinski definition) is 2. The molecule has 0 N–H and O–H groups in total. The van der Waals surface area contributed by atoms with Crippen LogP contribution in [0.5, 0.6) is 0 Å². The second-order valence-electron chi connectivity index (χ2n) is 3.47. The smallest absolute Gasteiger partial charge is 0.337 e. The van der Waals surface area contributed by atoms with Crippen LogP contribution in [0.4, 0.5) is 0 Å². The Morgan fingerprint density at radius 1 is 1.33 bits per heavy atom. The molecule has 0 fully saturated rings. The molecule has 0 saturated carbocycles. The van der Waals surface area contributed by atoms with Crippen molar-refractivity contribution in [2.75, 3.05) is 7.11 Å². The number of benzene rings is 1. The van der Waals surface area contributed by atoms with Crippen LogP contribution in [0.25, 0.3) is 0 Å². The summed E-state index contributed by atoms with van der Waals surface area (Å²) in [4.78, 5) is 11.2. The molecule has 15 heavy (non-hydrogen) atoms. The molecule has 1 rings (SSSR count). The number of ether oxygens (including phenoxy) is 1. The number of methoxy groups -OCH3 is 1. The van der Waals surface area contributed by atoms with E-state index in [2.05, 4.69) is 18.1 Å². The van der Waals surface area contributed by atoms with Gasteiger partial charge in [0.2, 0.25) is 0 Å². The lowest BCUT2D eigenvalue weighted by Gasteiger charge is -2.02. The van der Waals surface area contributed by atoms with Gasteiger partial charge in [0.1, 0.15) is 0 Å². The second kappa shape index (κ2) is 6.23. The summed E-state index contributed by atoms with van der Waals surface area (Å²) in [5, 5.41) is 0. The topological polar surface area (TPSA) is 26.3 Å². The van der Waals surface area contributed by atoms with E-state index in [1.165, 1.54) is 19.1 Å². The summed E-state index contributed by atoms with van der Waals surface area (Å²) in [6.45, 7) is 2.16. The van der Waals surface area contributed by atoms with Gasteiger partial charge in [-0.3, -0.25) is 0 Å². The average molecular weight is 205 g/mol. The highest BCUT2D eigenvalue weighted by Crippen LogP contribution is 2.08. The fourth-order valence-corrected chi connectivity index (χ4v) is 1.37.